The molecule has 0 aromatic carbocycles. The number of ether oxygens (including phenoxy) is 1. The number of aliphatic hydroxyl groups is 1. The number of hydrogen-bond acceptors (Lipinski definition) is 5. The Morgan fingerprint density at radius 2 is 2.06 bits per heavy atom. The highest BCUT2D eigenvalue weighted by molar-refractivity contribution is 4.84. The van der Waals surface area contributed by atoms with E-state index >= 15 is 0 Å². The summed E-state index contributed by atoms with van der Waals surface area (Å²) in [5.74, 6) is 0. The average Bonchev–Trinajstić information content (AvgIpc) is 2.39. The van der Waals surface area contributed by atoms with E-state index in [2.05, 4.69) is 22.0 Å². The summed E-state index contributed by atoms with van der Waals surface area (Å²) in [5, 5.41) is 12.6. The van der Waals surface area contributed by atoms with Crippen molar-refractivity contribution >= 4 is 0 Å². The van der Waals surface area contributed by atoms with Gasteiger partial charge in [-0.05, 0) is 6.92 Å². The van der Waals surface area contributed by atoms with Crippen LogP contribution in [0.1, 0.15) is 6.92 Å². The Labute approximate surface area is 104 Å². The molecule has 2 N–H and O–H groups in total. The van der Waals surface area contributed by atoms with Crippen molar-refractivity contribution in [3.05, 3.63) is 0 Å². The summed E-state index contributed by atoms with van der Waals surface area (Å²) in [7, 11) is 0. The molecule has 0 radical (unpaired) electrons. The number of rotatable bonds is 4. The smallest absolute Gasteiger partial charge is 0.0597 e. The molecule has 0 aliphatic carbocycles. The van der Waals surface area contributed by atoms with Crippen LogP contribution >= 0.6 is 0 Å². The molecule has 2 heterocycles. The van der Waals surface area contributed by atoms with Crippen LogP contribution in [0.15, 0.2) is 0 Å². The van der Waals surface area contributed by atoms with E-state index in [1.807, 2.05) is 0 Å². The van der Waals surface area contributed by atoms with E-state index < -0.39 is 0 Å². The van der Waals surface area contributed by atoms with Crippen molar-refractivity contribution in [1.29, 1.82) is 0 Å². The average molecular weight is 243 g/mol. The second-order valence-electron chi connectivity index (χ2n) is 5.09. The summed E-state index contributed by atoms with van der Waals surface area (Å²) >= 11 is 0. The van der Waals surface area contributed by atoms with E-state index in [1.165, 1.54) is 0 Å². The zero-order chi connectivity index (χ0) is 12.1. The zero-order valence-electron chi connectivity index (χ0n) is 10.8. The molecule has 0 spiro atoms. The van der Waals surface area contributed by atoms with Gasteiger partial charge in [-0.1, -0.05) is 0 Å². The van der Waals surface area contributed by atoms with Crippen molar-refractivity contribution in [2.75, 3.05) is 59.1 Å². The van der Waals surface area contributed by atoms with Crippen molar-refractivity contribution in [3.63, 3.8) is 0 Å². The van der Waals surface area contributed by atoms with Gasteiger partial charge in [0.05, 0.1) is 19.8 Å². The number of nitrogens with one attached hydrogen (secondary N) is 1. The molecule has 0 aromatic heterocycles. The predicted molar refractivity (Wildman–Crippen MR) is 67.2 cm³/mol. The molecule has 17 heavy (non-hydrogen) atoms. The summed E-state index contributed by atoms with van der Waals surface area (Å²) in [6, 6.07) is 0.815. The van der Waals surface area contributed by atoms with E-state index in [-0.39, 0.29) is 12.6 Å². The first kappa shape index (κ1) is 13.2. The maximum Gasteiger partial charge on any atom is 0.0597 e. The maximum atomic E-state index is 9.20. The van der Waals surface area contributed by atoms with E-state index in [9.17, 15) is 5.11 Å². The minimum absolute atomic E-state index is 0.237. The predicted octanol–water partition coefficient (Wildman–Crippen LogP) is -1.03. The molecular formula is C12H25N3O2. The van der Waals surface area contributed by atoms with Crippen molar-refractivity contribution in [3.8, 4) is 0 Å². The van der Waals surface area contributed by atoms with Gasteiger partial charge >= 0.3 is 0 Å². The van der Waals surface area contributed by atoms with Crippen LogP contribution in [0.5, 0.6) is 0 Å². The summed E-state index contributed by atoms with van der Waals surface area (Å²) in [5.41, 5.74) is 0. The number of morpholine rings is 1. The molecule has 2 saturated heterocycles. The summed E-state index contributed by atoms with van der Waals surface area (Å²) in [4.78, 5) is 4.94. The Morgan fingerprint density at radius 3 is 2.76 bits per heavy atom. The standard InChI is InChI=1S/C12H25N3O2/c1-11-8-13-12(10-16)9-15(11)3-2-14-4-6-17-7-5-14/h11-13,16H,2-10H2,1H3. The largest absolute Gasteiger partial charge is 0.395 e. The minimum atomic E-state index is 0.237. The molecule has 2 aliphatic rings. The van der Waals surface area contributed by atoms with Gasteiger partial charge in [0.25, 0.3) is 0 Å². The van der Waals surface area contributed by atoms with E-state index in [4.69, 9.17) is 4.74 Å². The van der Waals surface area contributed by atoms with E-state index in [0.29, 0.717) is 6.04 Å². The molecule has 2 aliphatic heterocycles. The Balaban J connectivity index is 1.72. The molecule has 5 heteroatoms. The first-order chi connectivity index (χ1) is 8.29. The first-order valence-corrected chi connectivity index (χ1v) is 6.68. The molecule has 2 unspecified atom stereocenters. The van der Waals surface area contributed by atoms with Crippen LogP contribution in [0.25, 0.3) is 0 Å². The third kappa shape index (κ3) is 3.89. The molecule has 0 bridgehead atoms. The van der Waals surface area contributed by atoms with Crippen molar-refractivity contribution in [2.24, 2.45) is 0 Å². The van der Waals surface area contributed by atoms with Gasteiger partial charge in [0.2, 0.25) is 0 Å². The lowest BCUT2D eigenvalue weighted by atomic mass is 10.1. The molecule has 0 amide bonds. The summed E-state index contributed by atoms with van der Waals surface area (Å²) in [6.07, 6.45) is 0. The van der Waals surface area contributed by atoms with Crippen LogP contribution in [-0.4, -0.2) is 86.1 Å². The maximum absolute atomic E-state index is 9.20. The normalized spacial score (nSPS) is 32.8. The first-order valence-electron chi connectivity index (χ1n) is 6.68. The fourth-order valence-corrected chi connectivity index (χ4v) is 2.52. The van der Waals surface area contributed by atoms with Gasteiger partial charge in [-0.2, -0.15) is 0 Å². The van der Waals surface area contributed by atoms with Crippen LogP contribution in [0, 0.1) is 0 Å². The number of piperazine rings is 1. The fourth-order valence-electron chi connectivity index (χ4n) is 2.52. The molecule has 0 aromatic rings. The van der Waals surface area contributed by atoms with Crippen molar-refractivity contribution < 1.29 is 9.84 Å². The highest BCUT2D eigenvalue weighted by atomic mass is 16.5. The third-order valence-electron chi connectivity index (χ3n) is 3.81. The molecule has 2 atom stereocenters. The van der Waals surface area contributed by atoms with Gasteiger partial charge in [-0.15, -0.1) is 0 Å². The van der Waals surface area contributed by atoms with Gasteiger partial charge in [-0.3, -0.25) is 9.80 Å². The minimum Gasteiger partial charge on any atom is -0.395 e. The molecular weight excluding hydrogens is 218 g/mol. The number of nitrogens with zero attached hydrogens (tertiary/aromatic N) is 2. The van der Waals surface area contributed by atoms with Crippen LogP contribution in [0.4, 0.5) is 0 Å². The summed E-state index contributed by atoms with van der Waals surface area (Å²) < 4.78 is 5.35. The molecule has 2 fully saturated rings. The highest BCUT2D eigenvalue weighted by Crippen LogP contribution is 2.07. The lowest BCUT2D eigenvalue weighted by Crippen LogP contribution is -2.58. The van der Waals surface area contributed by atoms with E-state index in [0.717, 1.165) is 52.5 Å². The Morgan fingerprint density at radius 1 is 1.29 bits per heavy atom. The van der Waals surface area contributed by atoms with Crippen LogP contribution in [0.3, 0.4) is 0 Å². The lowest BCUT2D eigenvalue weighted by Gasteiger charge is -2.39. The molecule has 0 saturated carbocycles. The van der Waals surface area contributed by atoms with Crippen molar-refractivity contribution in [2.45, 2.75) is 19.0 Å². The van der Waals surface area contributed by atoms with Gasteiger partial charge in [0.1, 0.15) is 0 Å². The van der Waals surface area contributed by atoms with Gasteiger partial charge < -0.3 is 15.2 Å². The van der Waals surface area contributed by atoms with E-state index in [1.54, 1.807) is 0 Å². The Bertz CT molecular complexity index is 222. The van der Waals surface area contributed by atoms with Gasteiger partial charge in [-0.25, -0.2) is 0 Å². The number of hydrogen-bond donors (Lipinski definition) is 2. The Hall–Kier alpha value is -0.200. The Kier molecular flexibility index (Phi) is 5.18. The second kappa shape index (κ2) is 6.66. The second-order valence-corrected chi connectivity index (χ2v) is 5.09. The quantitative estimate of drug-likeness (QED) is 0.661. The highest BCUT2D eigenvalue weighted by Gasteiger charge is 2.24. The van der Waals surface area contributed by atoms with Crippen LogP contribution in [-0.2, 0) is 4.74 Å². The van der Waals surface area contributed by atoms with Gasteiger partial charge in [0.15, 0.2) is 0 Å². The molecule has 2 rings (SSSR count). The topological polar surface area (TPSA) is 48.0 Å². The zero-order valence-corrected chi connectivity index (χ0v) is 10.8. The fraction of sp³-hybridized carbons (Fsp3) is 1.00. The van der Waals surface area contributed by atoms with Crippen LogP contribution in [0.2, 0.25) is 0 Å². The SMILES string of the molecule is CC1CNC(CO)CN1CCN1CCOCC1. The molecule has 5 nitrogen and oxygen atoms in total. The van der Waals surface area contributed by atoms with Crippen LogP contribution < -0.4 is 5.32 Å². The third-order valence-corrected chi connectivity index (χ3v) is 3.81. The monoisotopic (exact) mass is 243 g/mol. The van der Waals surface area contributed by atoms with Gasteiger partial charge in [0, 0.05) is 51.4 Å². The molecule has 100 valence electrons. The lowest BCUT2D eigenvalue weighted by molar-refractivity contribution is 0.0266. The summed E-state index contributed by atoms with van der Waals surface area (Å²) in [6.45, 7) is 10.5. The van der Waals surface area contributed by atoms with Crippen molar-refractivity contribution in [1.82, 2.24) is 15.1 Å². The number of aliphatic hydroxyl groups excluding tert-OH is 1.